The van der Waals surface area contributed by atoms with E-state index in [-0.39, 0.29) is 18.3 Å². The Hall–Kier alpha value is -2.62. The lowest BCUT2D eigenvalue weighted by molar-refractivity contribution is -0.140. The van der Waals surface area contributed by atoms with Gasteiger partial charge in [-0.3, -0.25) is 9.59 Å². The SMILES string of the molecule is COC(=O)CCc1ccccc1C(=O)Nc1ccccc1. The van der Waals surface area contributed by atoms with Crippen LogP contribution in [-0.4, -0.2) is 19.0 Å². The highest BCUT2D eigenvalue weighted by atomic mass is 16.5. The molecule has 2 aromatic carbocycles. The number of carbonyl (C=O) groups excluding carboxylic acids is 2. The lowest BCUT2D eigenvalue weighted by Crippen LogP contribution is -2.15. The van der Waals surface area contributed by atoms with Crippen molar-refractivity contribution in [3.05, 3.63) is 65.7 Å². The Balaban J connectivity index is 2.11. The molecule has 0 radical (unpaired) electrons. The Morgan fingerprint density at radius 3 is 2.38 bits per heavy atom. The second kappa shape index (κ2) is 7.24. The average molecular weight is 283 g/mol. The minimum atomic E-state index is -0.284. The molecule has 0 aliphatic heterocycles. The van der Waals surface area contributed by atoms with Crippen molar-refractivity contribution in [1.29, 1.82) is 0 Å². The van der Waals surface area contributed by atoms with E-state index >= 15 is 0 Å². The monoisotopic (exact) mass is 283 g/mol. The summed E-state index contributed by atoms with van der Waals surface area (Å²) in [6.07, 6.45) is 0.733. The summed E-state index contributed by atoms with van der Waals surface area (Å²) >= 11 is 0. The van der Waals surface area contributed by atoms with Crippen LogP contribution in [0.2, 0.25) is 0 Å². The van der Waals surface area contributed by atoms with E-state index in [1.807, 2.05) is 48.5 Å². The van der Waals surface area contributed by atoms with Gasteiger partial charge in [0, 0.05) is 17.7 Å². The number of rotatable bonds is 5. The van der Waals surface area contributed by atoms with E-state index in [4.69, 9.17) is 0 Å². The molecule has 108 valence electrons. The predicted molar refractivity (Wildman–Crippen MR) is 81.2 cm³/mol. The molecule has 4 nitrogen and oxygen atoms in total. The molecule has 0 aromatic heterocycles. The largest absolute Gasteiger partial charge is 0.469 e. The minimum absolute atomic E-state index is 0.179. The fraction of sp³-hybridized carbons (Fsp3) is 0.176. The van der Waals surface area contributed by atoms with Crippen LogP contribution in [0.15, 0.2) is 54.6 Å². The van der Waals surface area contributed by atoms with Gasteiger partial charge in [0.05, 0.1) is 7.11 Å². The van der Waals surface area contributed by atoms with Gasteiger partial charge in [-0.1, -0.05) is 36.4 Å². The number of benzene rings is 2. The Morgan fingerprint density at radius 1 is 1.00 bits per heavy atom. The molecular formula is C17H17NO3. The highest BCUT2D eigenvalue weighted by molar-refractivity contribution is 6.05. The number of hydrogen-bond donors (Lipinski definition) is 1. The van der Waals surface area contributed by atoms with Gasteiger partial charge in [-0.25, -0.2) is 0 Å². The third-order valence-electron chi connectivity index (χ3n) is 3.12. The van der Waals surface area contributed by atoms with Crippen molar-refractivity contribution in [2.24, 2.45) is 0 Å². The molecule has 21 heavy (non-hydrogen) atoms. The van der Waals surface area contributed by atoms with Crippen LogP contribution in [0.25, 0.3) is 0 Å². The molecule has 0 heterocycles. The van der Waals surface area contributed by atoms with Gasteiger partial charge in [-0.2, -0.15) is 0 Å². The van der Waals surface area contributed by atoms with Gasteiger partial charge in [-0.15, -0.1) is 0 Å². The van der Waals surface area contributed by atoms with Crippen LogP contribution in [-0.2, 0) is 16.0 Å². The van der Waals surface area contributed by atoms with Crippen LogP contribution >= 0.6 is 0 Å². The first-order valence-corrected chi connectivity index (χ1v) is 6.72. The summed E-state index contributed by atoms with van der Waals surface area (Å²) in [4.78, 5) is 23.6. The van der Waals surface area contributed by atoms with Crippen LogP contribution in [0.5, 0.6) is 0 Å². The maximum Gasteiger partial charge on any atom is 0.305 e. The summed E-state index contributed by atoms with van der Waals surface area (Å²) in [5, 5.41) is 2.85. The standard InChI is InChI=1S/C17H17NO3/c1-21-16(19)12-11-13-7-5-6-10-15(13)17(20)18-14-8-3-2-4-9-14/h2-10H,11-12H2,1H3,(H,18,20). The number of amides is 1. The van der Waals surface area contributed by atoms with E-state index < -0.39 is 0 Å². The number of ether oxygens (including phenoxy) is 1. The quantitative estimate of drug-likeness (QED) is 0.858. The molecular weight excluding hydrogens is 266 g/mol. The maximum absolute atomic E-state index is 12.3. The smallest absolute Gasteiger partial charge is 0.305 e. The lowest BCUT2D eigenvalue weighted by atomic mass is 10.0. The molecule has 1 amide bonds. The molecule has 2 rings (SSSR count). The number of para-hydroxylation sites is 1. The van der Waals surface area contributed by atoms with Crippen molar-refractivity contribution >= 4 is 17.6 Å². The van der Waals surface area contributed by atoms with Crippen molar-refractivity contribution in [2.45, 2.75) is 12.8 Å². The Labute approximate surface area is 123 Å². The molecule has 0 aliphatic rings. The highest BCUT2D eigenvalue weighted by Gasteiger charge is 2.12. The molecule has 0 aliphatic carbocycles. The molecule has 0 saturated heterocycles. The van der Waals surface area contributed by atoms with Crippen molar-refractivity contribution in [3.63, 3.8) is 0 Å². The Bertz CT molecular complexity index is 623. The first-order chi connectivity index (χ1) is 10.2. The maximum atomic E-state index is 12.3. The van der Waals surface area contributed by atoms with Crippen molar-refractivity contribution < 1.29 is 14.3 Å². The summed E-state index contributed by atoms with van der Waals surface area (Å²) in [6, 6.07) is 16.5. The van der Waals surface area contributed by atoms with Gasteiger partial charge in [0.1, 0.15) is 0 Å². The van der Waals surface area contributed by atoms with Gasteiger partial charge >= 0.3 is 5.97 Å². The van der Waals surface area contributed by atoms with Gasteiger partial charge in [0.2, 0.25) is 0 Å². The minimum Gasteiger partial charge on any atom is -0.469 e. The predicted octanol–water partition coefficient (Wildman–Crippen LogP) is 3.04. The molecule has 0 saturated carbocycles. The Morgan fingerprint density at radius 2 is 1.67 bits per heavy atom. The number of methoxy groups -OCH3 is 1. The van der Waals surface area contributed by atoms with Crippen molar-refractivity contribution in [2.75, 3.05) is 12.4 Å². The fourth-order valence-electron chi connectivity index (χ4n) is 2.02. The highest BCUT2D eigenvalue weighted by Crippen LogP contribution is 2.14. The van der Waals surface area contributed by atoms with Crippen LogP contribution < -0.4 is 5.32 Å². The van der Waals surface area contributed by atoms with Crippen LogP contribution in [0, 0.1) is 0 Å². The molecule has 0 fully saturated rings. The first-order valence-electron chi connectivity index (χ1n) is 6.72. The second-order valence-electron chi connectivity index (χ2n) is 4.55. The van der Waals surface area contributed by atoms with Crippen LogP contribution in [0.1, 0.15) is 22.3 Å². The summed E-state index contributed by atoms with van der Waals surface area (Å²) in [5.74, 6) is -0.463. The third kappa shape index (κ3) is 4.18. The van der Waals surface area contributed by atoms with Gasteiger partial charge in [0.25, 0.3) is 5.91 Å². The molecule has 1 N–H and O–H groups in total. The summed E-state index contributed by atoms with van der Waals surface area (Å²) in [6.45, 7) is 0. The zero-order chi connectivity index (χ0) is 15.1. The van der Waals surface area contributed by atoms with Gasteiger partial charge in [-0.05, 0) is 30.2 Å². The average Bonchev–Trinajstić information content (AvgIpc) is 2.53. The number of esters is 1. The number of aryl methyl sites for hydroxylation is 1. The van der Waals surface area contributed by atoms with Gasteiger partial charge < -0.3 is 10.1 Å². The molecule has 2 aromatic rings. The molecule has 0 spiro atoms. The van der Waals surface area contributed by atoms with Crippen LogP contribution in [0.4, 0.5) is 5.69 Å². The van der Waals surface area contributed by atoms with E-state index in [0.29, 0.717) is 12.0 Å². The van der Waals surface area contributed by atoms with Crippen molar-refractivity contribution in [1.82, 2.24) is 0 Å². The third-order valence-corrected chi connectivity index (χ3v) is 3.12. The second-order valence-corrected chi connectivity index (χ2v) is 4.55. The molecule has 0 unspecified atom stereocenters. The molecule has 0 bridgehead atoms. The zero-order valence-corrected chi connectivity index (χ0v) is 11.8. The summed E-state index contributed by atoms with van der Waals surface area (Å²) in [5.41, 5.74) is 2.15. The van der Waals surface area contributed by atoms with E-state index in [1.165, 1.54) is 7.11 Å². The topological polar surface area (TPSA) is 55.4 Å². The number of nitrogens with one attached hydrogen (secondary N) is 1. The first kappa shape index (κ1) is 14.8. The van der Waals surface area contributed by atoms with E-state index in [0.717, 1.165) is 11.3 Å². The number of carbonyl (C=O) groups is 2. The normalized spacial score (nSPS) is 9.95. The molecule has 0 atom stereocenters. The van der Waals surface area contributed by atoms with E-state index in [2.05, 4.69) is 10.1 Å². The lowest BCUT2D eigenvalue weighted by Gasteiger charge is -2.09. The van der Waals surface area contributed by atoms with E-state index in [9.17, 15) is 9.59 Å². The molecule has 4 heteroatoms. The summed E-state index contributed by atoms with van der Waals surface area (Å²) in [7, 11) is 1.36. The number of anilines is 1. The summed E-state index contributed by atoms with van der Waals surface area (Å²) < 4.78 is 4.63. The van der Waals surface area contributed by atoms with Crippen LogP contribution in [0.3, 0.4) is 0 Å². The van der Waals surface area contributed by atoms with Gasteiger partial charge in [0.15, 0.2) is 0 Å². The fourth-order valence-corrected chi connectivity index (χ4v) is 2.02. The zero-order valence-electron chi connectivity index (χ0n) is 11.8. The van der Waals surface area contributed by atoms with E-state index in [1.54, 1.807) is 6.07 Å². The van der Waals surface area contributed by atoms with Crippen molar-refractivity contribution in [3.8, 4) is 0 Å². The Kier molecular flexibility index (Phi) is 5.10. The number of hydrogen-bond acceptors (Lipinski definition) is 3.